The minimum atomic E-state index is -3.07. The van der Waals surface area contributed by atoms with E-state index in [1.165, 1.54) is 32.4 Å². The second kappa shape index (κ2) is 11.4. The minimum Gasteiger partial charge on any atom is -0.497 e. The summed E-state index contributed by atoms with van der Waals surface area (Å²) in [6.07, 6.45) is -0.547. The van der Waals surface area contributed by atoms with Crippen LogP contribution in [0.4, 0.5) is 29.1 Å². The standard InChI is InChI=1S/C27H22ClF4N5O5/c1-35-23(21-18(29)9-16(41-2)10-19(21)30)22(34-25(39)13-3-5-15(6-4-13)42-27(31)32)26(40)37(35)24-17(28)7-8-20(33-24)36-11-14(38)12-36/h3-10,14,27,38H,11-12H2,1-2H3,(H,34,39). The molecule has 15 heteroatoms. The highest BCUT2D eigenvalue weighted by Crippen LogP contribution is 2.35. The first-order valence-corrected chi connectivity index (χ1v) is 12.7. The van der Waals surface area contributed by atoms with Crippen LogP contribution in [0.5, 0.6) is 11.5 Å². The third-order valence-electron chi connectivity index (χ3n) is 6.53. The molecule has 1 saturated heterocycles. The number of aliphatic hydroxyl groups excluding tert-OH is 1. The molecule has 1 aliphatic rings. The summed E-state index contributed by atoms with van der Waals surface area (Å²) in [5.74, 6) is -3.12. The van der Waals surface area contributed by atoms with E-state index < -0.39 is 47.1 Å². The molecule has 1 amide bonds. The largest absolute Gasteiger partial charge is 0.497 e. The summed E-state index contributed by atoms with van der Waals surface area (Å²) in [6, 6.07) is 9.46. The number of alkyl halides is 2. The van der Waals surface area contributed by atoms with E-state index in [1.54, 1.807) is 11.0 Å². The lowest BCUT2D eigenvalue weighted by Crippen LogP contribution is -2.51. The van der Waals surface area contributed by atoms with Gasteiger partial charge >= 0.3 is 6.61 Å². The Labute approximate surface area is 240 Å². The van der Waals surface area contributed by atoms with Gasteiger partial charge in [0.2, 0.25) is 0 Å². The molecule has 0 unspecified atom stereocenters. The highest BCUT2D eigenvalue weighted by molar-refractivity contribution is 6.32. The van der Waals surface area contributed by atoms with Gasteiger partial charge in [-0.1, -0.05) is 11.6 Å². The van der Waals surface area contributed by atoms with Gasteiger partial charge in [-0.3, -0.25) is 14.3 Å². The van der Waals surface area contributed by atoms with Gasteiger partial charge in [0.25, 0.3) is 11.5 Å². The van der Waals surface area contributed by atoms with E-state index in [4.69, 9.17) is 16.3 Å². The molecule has 0 radical (unpaired) electrons. The lowest BCUT2D eigenvalue weighted by molar-refractivity contribution is -0.0498. The number of halogens is 5. The van der Waals surface area contributed by atoms with E-state index in [-0.39, 0.29) is 33.6 Å². The summed E-state index contributed by atoms with van der Waals surface area (Å²) in [4.78, 5) is 33.2. The number of nitrogens with one attached hydrogen (secondary N) is 1. The van der Waals surface area contributed by atoms with Crippen LogP contribution in [0.2, 0.25) is 5.02 Å². The molecule has 220 valence electrons. The van der Waals surface area contributed by atoms with Crippen LogP contribution in [-0.4, -0.2) is 58.3 Å². The van der Waals surface area contributed by atoms with Crippen LogP contribution < -0.4 is 25.2 Å². The number of hydrogen-bond acceptors (Lipinski definition) is 7. The number of nitrogens with zero attached hydrogens (tertiary/aromatic N) is 4. The van der Waals surface area contributed by atoms with Crippen molar-refractivity contribution in [3.63, 3.8) is 0 Å². The minimum absolute atomic E-state index is 0.0113. The maximum Gasteiger partial charge on any atom is 0.387 e. The van der Waals surface area contributed by atoms with E-state index in [1.807, 2.05) is 0 Å². The fourth-order valence-corrected chi connectivity index (χ4v) is 4.68. The second-order valence-electron chi connectivity index (χ2n) is 9.22. The third kappa shape index (κ3) is 5.37. The molecular formula is C27H22ClF4N5O5. The van der Waals surface area contributed by atoms with Crippen LogP contribution in [0, 0.1) is 11.6 Å². The summed E-state index contributed by atoms with van der Waals surface area (Å²) < 4.78 is 66.9. The van der Waals surface area contributed by atoms with E-state index in [9.17, 15) is 23.5 Å². The van der Waals surface area contributed by atoms with Crippen molar-refractivity contribution in [1.82, 2.24) is 14.3 Å². The number of carbonyl (C=O) groups is 1. The molecule has 42 heavy (non-hydrogen) atoms. The summed E-state index contributed by atoms with van der Waals surface area (Å²) in [7, 11) is 2.55. The van der Waals surface area contributed by atoms with Gasteiger partial charge in [-0.25, -0.2) is 13.8 Å². The summed E-state index contributed by atoms with van der Waals surface area (Å²) in [6.45, 7) is -2.48. The van der Waals surface area contributed by atoms with Crippen molar-refractivity contribution in [2.24, 2.45) is 7.05 Å². The Bertz CT molecular complexity index is 1700. The molecule has 1 fully saturated rings. The first-order valence-electron chi connectivity index (χ1n) is 12.3. The van der Waals surface area contributed by atoms with E-state index in [2.05, 4.69) is 15.0 Å². The number of pyridine rings is 1. The summed E-state index contributed by atoms with van der Waals surface area (Å²) in [5, 5.41) is 12.1. The fourth-order valence-electron chi connectivity index (χ4n) is 4.50. The highest BCUT2D eigenvalue weighted by Gasteiger charge is 2.30. The predicted octanol–water partition coefficient (Wildman–Crippen LogP) is 4.21. The van der Waals surface area contributed by atoms with Gasteiger partial charge in [0, 0.05) is 37.8 Å². The van der Waals surface area contributed by atoms with Crippen molar-refractivity contribution in [1.29, 1.82) is 0 Å². The number of β-amino-alcohol motifs (C(OH)–C–C–N with tert-alkyl or cyclic N) is 1. The number of aromatic nitrogens is 3. The molecule has 4 aromatic rings. The maximum absolute atomic E-state index is 15.3. The SMILES string of the molecule is COc1cc(F)c(-c2c(NC(=O)c3ccc(OC(F)F)cc3)c(=O)n(-c3nc(N4CC(O)C4)ccc3Cl)n2C)c(F)c1. The number of rotatable bonds is 8. The van der Waals surface area contributed by atoms with E-state index >= 15 is 8.78 Å². The molecule has 10 nitrogen and oxygen atoms in total. The van der Waals surface area contributed by atoms with Crippen LogP contribution in [0.1, 0.15) is 10.4 Å². The average Bonchev–Trinajstić information content (AvgIpc) is 3.15. The molecule has 0 aliphatic carbocycles. The van der Waals surface area contributed by atoms with Gasteiger partial charge in [0.15, 0.2) is 5.82 Å². The Morgan fingerprint density at radius 1 is 1.10 bits per heavy atom. The van der Waals surface area contributed by atoms with Crippen molar-refractivity contribution < 1.29 is 36.9 Å². The van der Waals surface area contributed by atoms with Crippen LogP contribution in [0.3, 0.4) is 0 Å². The van der Waals surface area contributed by atoms with Crippen LogP contribution in [-0.2, 0) is 7.05 Å². The molecule has 5 rings (SSSR count). The number of amides is 1. The van der Waals surface area contributed by atoms with Gasteiger partial charge in [-0.15, -0.1) is 0 Å². The second-order valence-corrected chi connectivity index (χ2v) is 9.63. The molecule has 2 aromatic carbocycles. The van der Waals surface area contributed by atoms with Crippen molar-refractivity contribution in [2.45, 2.75) is 12.7 Å². The van der Waals surface area contributed by atoms with Crippen LogP contribution >= 0.6 is 11.6 Å². The maximum atomic E-state index is 15.3. The predicted molar refractivity (Wildman–Crippen MR) is 145 cm³/mol. The van der Waals surface area contributed by atoms with Gasteiger partial charge in [0.1, 0.15) is 40.3 Å². The molecule has 3 heterocycles. The third-order valence-corrected chi connectivity index (χ3v) is 6.83. The normalized spacial score (nSPS) is 13.3. The molecule has 2 N–H and O–H groups in total. The molecule has 0 saturated carbocycles. The van der Waals surface area contributed by atoms with Crippen molar-refractivity contribution in [2.75, 3.05) is 30.4 Å². The summed E-state index contributed by atoms with van der Waals surface area (Å²) >= 11 is 6.41. The van der Waals surface area contributed by atoms with Gasteiger partial charge in [-0.05, 0) is 36.4 Å². The van der Waals surface area contributed by atoms with Gasteiger partial charge in [-0.2, -0.15) is 13.5 Å². The van der Waals surface area contributed by atoms with Crippen LogP contribution in [0.25, 0.3) is 17.1 Å². The number of carbonyl (C=O) groups excluding carboxylic acids is 1. The molecule has 0 spiro atoms. The van der Waals surface area contributed by atoms with Gasteiger partial charge < -0.3 is 24.8 Å². The van der Waals surface area contributed by atoms with Crippen molar-refractivity contribution in [3.05, 3.63) is 81.1 Å². The van der Waals surface area contributed by atoms with E-state index in [0.717, 1.165) is 33.6 Å². The Morgan fingerprint density at radius 3 is 2.31 bits per heavy atom. The molecule has 0 atom stereocenters. The Balaban J connectivity index is 1.65. The number of methoxy groups -OCH3 is 1. The fraction of sp³-hybridized carbons (Fsp3) is 0.222. The Morgan fingerprint density at radius 2 is 1.74 bits per heavy atom. The molecule has 0 bridgehead atoms. The number of ether oxygens (including phenoxy) is 2. The molecular weight excluding hydrogens is 586 g/mol. The Hall–Kier alpha value is -4.56. The highest BCUT2D eigenvalue weighted by atomic mass is 35.5. The topological polar surface area (TPSA) is 111 Å². The van der Waals surface area contributed by atoms with Crippen molar-refractivity contribution >= 4 is 29.0 Å². The number of benzene rings is 2. The quantitative estimate of drug-likeness (QED) is 0.289. The smallest absolute Gasteiger partial charge is 0.387 e. The first-order chi connectivity index (χ1) is 20.0. The zero-order chi connectivity index (χ0) is 30.3. The first kappa shape index (κ1) is 29.0. The Kier molecular flexibility index (Phi) is 7.84. The number of hydrogen-bond donors (Lipinski definition) is 2. The number of aliphatic hydroxyl groups is 1. The van der Waals surface area contributed by atoms with Crippen molar-refractivity contribution in [3.8, 4) is 28.6 Å². The molecule has 1 aliphatic heterocycles. The molecule has 2 aromatic heterocycles. The number of anilines is 2. The van der Waals surface area contributed by atoms with Gasteiger partial charge in [0.05, 0.1) is 23.8 Å². The average molecular weight is 608 g/mol. The van der Waals surface area contributed by atoms with Crippen LogP contribution in [0.15, 0.2) is 53.3 Å². The lowest BCUT2D eigenvalue weighted by atomic mass is 10.1. The monoisotopic (exact) mass is 607 g/mol. The lowest BCUT2D eigenvalue weighted by Gasteiger charge is -2.37. The zero-order valence-corrected chi connectivity index (χ0v) is 22.7. The van der Waals surface area contributed by atoms with E-state index in [0.29, 0.717) is 18.9 Å². The summed E-state index contributed by atoms with van der Waals surface area (Å²) in [5.41, 5.74) is -2.51. The zero-order valence-electron chi connectivity index (χ0n) is 21.9.